The Hall–Kier alpha value is -2.48. The minimum Gasteiger partial charge on any atom is -0.460 e. The molecule has 0 heterocycles. The second-order valence-corrected chi connectivity index (χ2v) is 8.16. The highest BCUT2D eigenvalue weighted by atomic mass is 32.1. The van der Waals surface area contributed by atoms with E-state index in [9.17, 15) is 9.59 Å². The lowest BCUT2D eigenvalue weighted by Gasteiger charge is -2.22. The molecule has 0 aliphatic rings. The zero-order valence-corrected chi connectivity index (χ0v) is 17.4. The Morgan fingerprint density at radius 3 is 2.07 bits per heavy atom. The lowest BCUT2D eigenvalue weighted by Crippen LogP contribution is -2.34. The van der Waals surface area contributed by atoms with Gasteiger partial charge >= 0.3 is 11.9 Å². The number of carbonyl (C=O) groups is 2. The minimum atomic E-state index is -0.728. The Balaban J connectivity index is 2.85. The molecule has 8 heteroatoms. The summed E-state index contributed by atoms with van der Waals surface area (Å²) in [6.07, 6.45) is -0.340. The standard InChI is InChI=1S/C19H27N3O4S/c1-18(2,3)25-15(23)12-14(16(24)26-19(4,5)6)21-22-17(27)20-13-10-8-7-9-11-13/h7-11H,12H2,1-6H3,(H2,20,22,27)/b21-14-. The summed E-state index contributed by atoms with van der Waals surface area (Å²) in [5.41, 5.74) is 1.80. The summed E-state index contributed by atoms with van der Waals surface area (Å²) in [4.78, 5) is 24.5. The zero-order valence-electron chi connectivity index (χ0n) is 16.6. The summed E-state index contributed by atoms with van der Waals surface area (Å²) in [6, 6.07) is 9.23. The number of benzene rings is 1. The van der Waals surface area contributed by atoms with Gasteiger partial charge in [-0.3, -0.25) is 10.2 Å². The van der Waals surface area contributed by atoms with Gasteiger partial charge in [0.1, 0.15) is 11.2 Å². The Kier molecular flexibility index (Phi) is 7.90. The molecule has 0 atom stereocenters. The summed E-state index contributed by atoms with van der Waals surface area (Å²) in [7, 11) is 0. The third-order valence-electron chi connectivity index (χ3n) is 2.69. The first-order valence-electron chi connectivity index (χ1n) is 8.49. The molecular formula is C19H27N3O4S. The topological polar surface area (TPSA) is 89.0 Å². The van der Waals surface area contributed by atoms with Gasteiger partial charge in [-0.1, -0.05) is 18.2 Å². The molecule has 0 saturated carbocycles. The number of carbonyl (C=O) groups excluding carboxylic acids is 2. The van der Waals surface area contributed by atoms with Crippen LogP contribution in [0.1, 0.15) is 48.0 Å². The van der Waals surface area contributed by atoms with Gasteiger partial charge in [-0.25, -0.2) is 4.79 Å². The molecule has 0 aliphatic carbocycles. The van der Waals surface area contributed by atoms with Crippen molar-refractivity contribution in [3.63, 3.8) is 0 Å². The monoisotopic (exact) mass is 393 g/mol. The molecule has 0 unspecified atom stereocenters. The Morgan fingerprint density at radius 1 is 1.00 bits per heavy atom. The number of rotatable bonds is 5. The van der Waals surface area contributed by atoms with Crippen molar-refractivity contribution in [2.24, 2.45) is 5.10 Å². The molecule has 1 aromatic rings. The molecule has 27 heavy (non-hydrogen) atoms. The van der Waals surface area contributed by atoms with Crippen LogP contribution in [0.5, 0.6) is 0 Å². The van der Waals surface area contributed by atoms with Gasteiger partial charge in [0, 0.05) is 5.69 Å². The van der Waals surface area contributed by atoms with Crippen LogP contribution in [0.3, 0.4) is 0 Å². The van der Waals surface area contributed by atoms with Gasteiger partial charge in [0.2, 0.25) is 0 Å². The Morgan fingerprint density at radius 2 is 1.56 bits per heavy atom. The predicted octanol–water partition coefficient (Wildman–Crippen LogP) is 3.40. The molecule has 0 spiro atoms. The normalized spacial score (nSPS) is 12.1. The number of ether oxygens (including phenoxy) is 2. The maximum atomic E-state index is 12.4. The molecular weight excluding hydrogens is 366 g/mol. The van der Waals surface area contributed by atoms with E-state index in [2.05, 4.69) is 15.8 Å². The number of nitrogens with zero attached hydrogens (tertiary/aromatic N) is 1. The van der Waals surface area contributed by atoms with Crippen LogP contribution >= 0.6 is 12.2 Å². The number of hydrogen-bond acceptors (Lipinski definition) is 6. The molecule has 0 bridgehead atoms. The van der Waals surface area contributed by atoms with Crippen LogP contribution in [-0.4, -0.2) is 34.0 Å². The fourth-order valence-electron chi connectivity index (χ4n) is 1.81. The smallest absolute Gasteiger partial charge is 0.355 e. The third kappa shape index (κ3) is 10.3. The van der Waals surface area contributed by atoms with E-state index in [1.54, 1.807) is 41.5 Å². The van der Waals surface area contributed by atoms with Crippen molar-refractivity contribution in [2.75, 3.05) is 5.32 Å². The third-order valence-corrected chi connectivity index (χ3v) is 2.88. The lowest BCUT2D eigenvalue weighted by atomic mass is 10.1. The maximum absolute atomic E-state index is 12.4. The van der Waals surface area contributed by atoms with Gasteiger partial charge < -0.3 is 14.8 Å². The molecule has 148 valence electrons. The summed E-state index contributed by atoms with van der Waals surface area (Å²) in [6.45, 7) is 10.4. The largest absolute Gasteiger partial charge is 0.460 e. The number of para-hydroxylation sites is 1. The summed E-state index contributed by atoms with van der Waals surface area (Å²) < 4.78 is 10.5. The number of nitrogens with one attached hydrogen (secondary N) is 2. The zero-order chi connectivity index (χ0) is 20.7. The van der Waals surface area contributed by atoms with E-state index in [-0.39, 0.29) is 17.2 Å². The van der Waals surface area contributed by atoms with Crippen LogP contribution in [0, 0.1) is 0 Å². The van der Waals surface area contributed by atoms with E-state index in [0.29, 0.717) is 0 Å². The van der Waals surface area contributed by atoms with E-state index >= 15 is 0 Å². The highest BCUT2D eigenvalue weighted by molar-refractivity contribution is 7.80. The molecule has 0 fully saturated rings. The Bertz CT molecular complexity index is 704. The highest BCUT2D eigenvalue weighted by Crippen LogP contribution is 2.12. The first-order chi connectivity index (χ1) is 12.4. The fourth-order valence-corrected chi connectivity index (χ4v) is 1.97. The van der Waals surface area contributed by atoms with Gasteiger partial charge in [0.25, 0.3) is 0 Å². The van der Waals surface area contributed by atoms with Crippen LogP contribution in [-0.2, 0) is 19.1 Å². The molecule has 0 radical (unpaired) electrons. The SMILES string of the molecule is CC(C)(C)OC(=O)C/C(=N/NC(=S)Nc1ccccc1)C(=O)OC(C)(C)C. The number of anilines is 1. The summed E-state index contributed by atoms with van der Waals surface area (Å²) >= 11 is 5.15. The molecule has 1 aromatic carbocycles. The second-order valence-electron chi connectivity index (χ2n) is 7.76. The first-order valence-corrected chi connectivity index (χ1v) is 8.90. The summed E-state index contributed by atoms with van der Waals surface area (Å²) in [5, 5.41) is 7.06. The Labute approximate surface area is 165 Å². The molecule has 7 nitrogen and oxygen atoms in total. The van der Waals surface area contributed by atoms with Gasteiger partial charge in [-0.05, 0) is 65.9 Å². The molecule has 0 saturated heterocycles. The maximum Gasteiger partial charge on any atom is 0.355 e. The molecule has 1 rings (SSSR count). The molecule has 0 amide bonds. The second kappa shape index (κ2) is 9.45. The van der Waals surface area contributed by atoms with Crippen LogP contribution in [0.2, 0.25) is 0 Å². The van der Waals surface area contributed by atoms with Crippen molar-refractivity contribution in [3.8, 4) is 0 Å². The predicted molar refractivity (Wildman–Crippen MR) is 110 cm³/mol. The average Bonchev–Trinajstić information content (AvgIpc) is 2.48. The van der Waals surface area contributed by atoms with Crippen molar-refractivity contribution >= 4 is 40.7 Å². The number of hydrazone groups is 1. The molecule has 0 aliphatic heterocycles. The molecule has 2 N–H and O–H groups in total. The van der Waals surface area contributed by atoms with Crippen molar-refractivity contribution in [1.82, 2.24) is 5.43 Å². The van der Waals surface area contributed by atoms with E-state index in [0.717, 1.165) is 5.69 Å². The fraction of sp³-hybridized carbons (Fsp3) is 0.474. The quantitative estimate of drug-likeness (QED) is 0.343. The van der Waals surface area contributed by atoms with Crippen LogP contribution in [0.15, 0.2) is 35.4 Å². The van der Waals surface area contributed by atoms with Crippen LogP contribution in [0.25, 0.3) is 0 Å². The van der Waals surface area contributed by atoms with E-state index in [4.69, 9.17) is 21.7 Å². The number of hydrogen-bond donors (Lipinski definition) is 2. The van der Waals surface area contributed by atoms with Gasteiger partial charge in [0.05, 0.1) is 6.42 Å². The lowest BCUT2D eigenvalue weighted by molar-refractivity contribution is -0.155. The van der Waals surface area contributed by atoms with E-state index in [1.807, 2.05) is 30.3 Å². The average molecular weight is 394 g/mol. The van der Waals surface area contributed by atoms with Crippen molar-refractivity contribution in [2.45, 2.75) is 59.2 Å². The van der Waals surface area contributed by atoms with Crippen molar-refractivity contribution in [3.05, 3.63) is 30.3 Å². The van der Waals surface area contributed by atoms with Crippen molar-refractivity contribution in [1.29, 1.82) is 0 Å². The van der Waals surface area contributed by atoms with Crippen molar-refractivity contribution < 1.29 is 19.1 Å². The summed E-state index contributed by atoms with van der Waals surface area (Å²) in [5.74, 6) is -1.31. The van der Waals surface area contributed by atoms with Crippen LogP contribution < -0.4 is 10.7 Å². The van der Waals surface area contributed by atoms with Crippen LogP contribution in [0.4, 0.5) is 5.69 Å². The number of esters is 2. The van der Waals surface area contributed by atoms with Gasteiger partial charge in [0.15, 0.2) is 10.8 Å². The number of thiocarbonyl (C=S) groups is 1. The molecule has 0 aromatic heterocycles. The minimum absolute atomic E-state index is 0.128. The van der Waals surface area contributed by atoms with E-state index in [1.165, 1.54) is 0 Å². The highest BCUT2D eigenvalue weighted by Gasteiger charge is 2.26. The van der Waals surface area contributed by atoms with E-state index < -0.39 is 23.1 Å². The van der Waals surface area contributed by atoms with Gasteiger partial charge in [-0.2, -0.15) is 5.10 Å². The first kappa shape index (κ1) is 22.6. The van der Waals surface area contributed by atoms with Gasteiger partial charge in [-0.15, -0.1) is 0 Å².